The maximum Gasteiger partial charge on any atom is 0.00152 e. The van der Waals surface area contributed by atoms with Crippen molar-refractivity contribution in [2.24, 2.45) is 29.6 Å². The summed E-state index contributed by atoms with van der Waals surface area (Å²) in [5, 5.41) is 0. The van der Waals surface area contributed by atoms with E-state index in [0.717, 1.165) is 29.6 Å². The van der Waals surface area contributed by atoms with E-state index in [1.807, 2.05) is 0 Å². The van der Waals surface area contributed by atoms with Crippen molar-refractivity contribution in [3.63, 3.8) is 0 Å². The summed E-state index contributed by atoms with van der Waals surface area (Å²) in [6, 6.07) is 0. The average molecular weight is 221 g/mol. The molecule has 0 radical (unpaired) electrons. The van der Waals surface area contributed by atoms with Crippen molar-refractivity contribution >= 4 is 0 Å². The van der Waals surface area contributed by atoms with Gasteiger partial charge in [-0.25, -0.2) is 0 Å². The fraction of sp³-hybridized carbons (Fsp3) is 1.00. The zero-order valence-corrected chi connectivity index (χ0v) is 11.0. The van der Waals surface area contributed by atoms with Crippen LogP contribution in [0.2, 0.25) is 0 Å². The Kier molecular flexibility index (Phi) is 2.99. The Morgan fingerprint density at radius 1 is 1.12 bits per heavy atom. The highest BCUT2D eigenvalue weighted by molar-refractivity contribution is 4.99. The van der Waals surface area contributed by atoms with E-state index in [1.54, 1.807) is 19.3 Å². The predicted molar refractivity (Wildman–Crippen MR) is 68.3 cm³/mol. The molecule has 1 nitrogen and oxygen atoms in total. The van der Waals surface area contributed by atoms with Crippen LogP contribution in [0.25, 0.3) is 0 Å². The molecule has 1 aliphatic heterocycles. The first-order chi connectivity index (χ1) is 7.78. The lowest BCUT2D eigenvalue weighted by Gasteiger charge is -2.41. The largest absolute Gasteiger partial charge is 0.303 e. The van der Waals surface area contributed by atoms with Crippen molar-refractivity contribution in [3.8, 4) is 0 Å². The molecule has 2 aliphatic carbocycles. The van der Waals surface area contributed by atoms with Gasteiger partial charge in [0.15, 0.2) is 0 Å². The Labute approximate surface area is 101 Å². The Balaban J connectivity index is 1.59. The first-order valence-corrected chi connectivity index (χ1v) is 7.50. The van der Waals surface area contributed by atoms with Crippen LogP contribution in [-0.4, -0.2) is 24.5 Å². The molecule has 3 aliphatic rings. The molecule has 1 unspecified atom stereocenters. The van der Waals surface area contributed by atoms with Crippen LogP contribution in [0.5, 0.6) is 0 Å². The first kappa shape index (κ1) is 11.1. The topological polar surface area (TPSA) is 3.24 Å². The van der Waals surface area contributed by atoms with Gasteiger partial charge in [0.05, 0.1) is 0 Å². The van der Waals surface area contributed by atoms with Crippen LogP contribution in [0.15, 0.2) is 0 Å². The second kappa shape index (κ2) is 4.33. The molecule has 0 spiro atoms. The third-order valence-corrected chi connectivity index (χ3v) is 5.79. The lowest BCUT2D eigenvalue weighted by Crippen LogP contribution is -2.44. The normalized spacial score (nSPS) is 44.6. The second-order valence-electron chi connectivity index (χ2n) is 6.72. The molecule has 0 amide bonds. The van der Waals surface area contributed by atoms with Gasteiger partial charge in [0.2, 0.25) is 0 Å². The zero-order valence-electron chi connectivity index (χ0n) is 11.0. The number of hydrogen-bond donors (Lipinski definition) is 0. The molecular formula is C15H27N. The van der Waals surface area contributed by atoms with E-state index >= 15 is 0 Å². The van der Waals surface area contributed by atoms with Crippen LogP contribution >= 0.6 is 0 Å². The van der Waals surface area contributed by atoms with Gasteiger partial charge in [-0.3, -0.25) is 0 Å². The summed E-state index contributed by atoms with van der Waals surface area (Å²) >= 11 is 0. The molecule has 0 aromatic heterocycles. The van der Waals surface area contributed by atoms with E-state index in [1.165, 1.54) is 32.5 Å². The summed E-state index contributed by atoms with van der Waals surface area (Å²) in [5.41, 5.74) is 0. The molecule has 1 heterocycles. The van der Waals surface area contributed by atoms with Crippen LogP contribution in [0, 0.1) is 29.6 Å². The minimum atomic E-state index is 0.898. The highest BCUT2D eigenvalue weighted by atomic mass is 15.1. The van der Waals surface area contributed by atoms with Crippen LogP contribution < -0.4 is 0 Å². The summed E-state index contributed by atoms with van der Waals surface area (Å²) in [4.78, 5) is 2.77. The smallest absolute Gasteiger partial charge is 0.00152 e. The summed E-state index contributed by atoms with van der Waals surface area (Å²) in [7, 11) is 0. The maximum atomic E-state index is 2.77. The molecule has 0 aromatic rings. The average Bonchev–Trinajstić information content (AvgIpc) is 2.89. The van der Waals surface area contributed by atoms with E-state index in [0.29, 0.717) is 0 Å². The number of rotatable bonds is 3. The van der Waals surface area contributed by atoms with Gasteiger partial charge in [-0.2, -0.15) is 0 Å². The molecule has 0 aromatic carbocycles. The summed E-state index contributed by atoms with van der Waals surface area (Å²) in [6.45, 7) is 8.93. The number of nitrogens with zero attached hydrogens (tertiary/aromatic N) is 1. The number of fused-ring (bicyclic) bond motifs is 5. The molecule has 1 saturated heterocycles. The van der Waals surface area contributed by atoms with Crippen molar-refractivity contribution in [2.45, 2.75) is 46.0 Å². The first-order valence-electron chi connectivity index (χ1n) is 7.50. The van der Waals surface area contributed by atoms with E-state index in [4.69, 9.17) is 0 Å². The molecule has 3 rings (SSSR count). The van der Waals surface area contributed by atoms with Crippen molar-refractivity contribution in [1.82, 2.24) is 4.90 Å². The molecule has 3 fully saturated rings. The Morgan fingerprint density at radius 3 is 2.62 bits per heavy atom. The number of piperidine rings is 1. The molecule has 16 heavy (non-hydrogen) atoms. The highest BCUT2D eigenvalue weighted by Crippen LogP contribution is 2.55. The van der Waals surface area contributed by atoms with Crippen molar-refractivity contribution in [1.29, 1.82) is 0 Å². The number of likely N-dealkylation sites (tertiary alicyclic amines) is 1. The quantitative estimate of drug-likeness (QED) is 0.706. The molecule has 2 bridgehead atoms. The lowest BCUT2D eigenvalue weighted by atomic mass is 9.75. The van der Waals surface area contributed by atoms with Crippen LogP contribution in [-0.2, 0) is 0 Å². The highest BCUT2D eigenvalue weighted by Gasteiger charge is 2.49. The molecular weight excluding hydrogens is 194 g/mol. The van der Waals surface area contributed by atoms with Gasteiger partial charge in [0.1, 0.15) is 0 Å². The van der Waals surface area contributed by atoms with E-state index < -0.39 is 0 Å². The van der Waals surface area contributed by atoms with Gasteiger partial charge >= 0.3 is 0 Å². The Bertz CT molecular complexity index is 250. The van der Waals surface area contributed by atoms with Gasteiger partial charge in [0.25, 0.3) is 0 Å². The van der Waals surface area contributed by atoms with E-state index in [9.17, 15) is 0 Å². The molecule has 92 valence electrons. The molecule has 2 saturated carbocycles. The number of hydrogen-bond acceptors (Lipinski definition) is 1. The molecule has 0 N–H and O–H groups in total. The monoisotopic (exact) mass is 221 g/mol. The molecule has 5 atom stereocenters. The van der Waals surface area contributed by atoms with Gasteiger partial charge in [-0.05, 0) is 61.8 Å². The van der Waals surface area contributed by atoms with Crippen molar-refractivity contribution in [2.75, 3.05) is 19.6 Å². The fourth-order valence-electron chi connectivity index (χ4n) is 4.72. The summed E-state index contributed by atoms with van der Waals surface area (Å²) in [6.07, 6.45) is 7.58. The van der Waals surface area contributed by atoms with Gasteiger partial charge in [-0.1, -0.05) is 20.3 Å². The van der Waals surface area contributed by atoms with Gasteiger partial charge in [0, 0.05) is 13.1 Å². The SMILES string of the molecule is CCC(C)CN1CC[C@@H]2[C@@H]3CC[C@@H](C3)[C@@H]2C1. The van der Waals surface area contributed by atoms with Crippen LogP contribution in [0.3, 0.4) is 0 Å². The van der Waals surface area contributed by atoms with Crippen molar-refractivity contribution in [3.05, 3.63) is 0 Å². The summed E-state index contributed by atoms with van der Waals surface area (Å²) in [5.74, 6) is 5.38. The summed E-state index contributed by atoms with van der Waals surface area (Å²) < 4.78 is 0. The third kappa shape index (κ3) is 1.81. The minimum absolute atomic E-state index is 0.898. The molecule has 1 heteroatoms. The fourth-order valence-corrected chi connectivity index (χ4v) is 4.72. The zero-order chi connectivity index (χ0) is 11.1. The predicted octanol–water partition coefficient (Wildman–Crippen LogP) is 3.40. The second-order valence-corrected chi connectivity index (χ2v) is 6.72. The standard InChI is InChI=1S/C15H27N/c1-3-11(2)9-16-7-6-14-12-4-5-13(8-12)15(14)10-16/h11-15H,3-10H2,1-2H3/t11?,12-,13+,14-,15+/m1/s1. The lowest BCUT2D eigenvalue weighted by molar-refractivity contribution is 0.0699. The minimum Gasteiger partial charge on any atom is -0.303 e. The Hall–Kier alpha value is -0.0400. The van der Waals surface area contributed by atoms with E-state index in [-0.39, 0.29) is 0 Å². The maximum absolute atomic E-state index is 2.77. The van der Waals surface area contributed by atoms with Crippen molar-refractivity contribution < 1.29 is 0 Å². The third-order valence-electron chi connectivity index (χ3n) is 5.79. The van der Waals surface area contributed by atoms with Gasteiger partial charge < -0.3 is 4.90 Å². The van der Waals surface area contributed by atoms with Crippen LogP contribution in [0.4, 0.5) is 0 Å². The van der Waals surface area contributed by atoms with E-state index in [2.05, 4.69) is 18.7 Å². The Morgan fingerprint density at radius 2 is 1.88 bits per heavy atom. The van der Waals surface area contributed by atoms with Crippen LogP contribution in [0.1, 0.15) is 46.0 Å². The van der Waals surface area contributed by atoms with Gasteiger partial charge in [-0.15, -0.1) is 0 Å².